The van der Waals surface area contributed by atoms with Gasteiger partial charge in [0.1, 0.15) is 11.5 Å². The van der Waals surface area contributed by atoms with E-state index in [4.69, 9.17) is 14.6 Å². The van der Waals surface area contributed by atoms with E-state index in [2.05, 4.69) is 58.4 Å². The number of ketones is 1. The number of piperazine rings is 1. The zero-order valence-electron chi connectivity index (χ0n) is 29.6. The minimum atomic E-state index is -0.825. The quantitative estimate of drug-likeness (QED) is 0.0766. The molecule has 5 aromatic rings. The number of hydrogen-bond acceptors (Lipinski definition) is 7. The number of hydrogen-bond donors (Lipinski definition) is 2. The first-order chi connectivity index (χ1) is 24.9. The largest absolute Gasteiger partial charge is 0.495 e. The highest BCUT2D eigenvalue weighted by molar-refractivity contribution is 6.16. The summed E-state index contributed by atoms with van der Waals surface area (Å²) in [4.78, 5) is 30.1. The summed E-state index contributed by atoms with van der Waals surface area (Å²) in [5, 5.41) is 13.5. The van der Waals surface area contributed by atoms with Crippen molar-refractivity contribution < 1.29 is 24.2 Å². The second-order valence-electron chi connectivity index (χ2n) is 13.0. The van der Waals surface area contributed by atoms with Gasteiger partial charge in [0, 0.05) is 80.5 Å². The summed E-state index contributed by atoms with van der Waals surface area (Å²) in [6, 6.07) is 30.2. The van der Waals surface area contributed by atoms with Crippen molar-refractivity contribution in [3.05, 3.63) is 119 Å². The van der Waals surface area contributed by atoms with E-state index in [0.29, 0.717) is 43.0 Å². The molecule has 2 N–H and O–H groups in total. The van der Waals surface area contributed by atoms with Crippen LogP contribution in [0.5, 0.6) is 11.5 Å². The number of carboxylic acid groups (broad SMARTS) is 1. The predicted molar refractivity (Wildman–Crippen MR) is 204 cm³/mol. The molecule has 0 aliphatic carbocycles. The summed E-state index contributed by atoms with van der Waals surface area (Å²) in [5.41, 5.74) is 6.50. The second kappa shape index (κ2) is 17.1. The zero-order chi connectivity index (χ0) is 35.6. The van der Waals surface area contributed by atoms with Crippen LogP contribution in [0.15, 0.2) is 97.2 Å². The van der Waals surface area contributed by atoms with Crippen LogP contribution in [0.25, 0.3) is 10.9 Å². The number of benzene rings is 4. The summed E-state index contributed by atoms with van der Waals surface area (Å²) in [7, 11) is 1.72. The molecule has 0 bridgehead atoms. The molecule has 4 aromatic carbocycles. The average Bonchev–Trinajstić information content (AvgIpc) is 3.54. The van der Waals surface area contributed by atoms with Crippen LogP contribution < -0.4 is 19.7 Å². The third-order valence-corrected chi connectivity index (χ3v) is 9.66. The van der Waals surface area contributed by atoms with Crippen molar-refractivity contribution in [1.29, 1.82) is 0 Å². The highest BCUT2D eigenvalue weighted by Gasteiger charge is 2.21. The molecular weight excluding hydrogens is 640 g/mol. The lowest BCUT2D eigenvalue weighted by molar-refractivity contribution is -0.137. The van der Waals surface area contributed by atoms with Gasteiger partial charge in [0.2, 0.25) is 0 Å². The van der Waals surface area contributed by atoms with Crippen LogP contribution >= 0.6 is 0 Å². The number of aryl methyl sites for hydroxylation is 2. The second-order valence-corrected chi connectivity index (χ2v) is 13.0. The molecule has 6 rings (SSSR count). The molecule has 0 saturated carbocycles. The maximum absolute atomic E-state index is 14.1. The molecule has 1 aliphatic heterocycles. The van der Waals surface area contributed by atoms with Crippen molar-refractivity contribution >= 4 is 34.0 Å². The van der Waals surface area contributed by atoms with Crippen molar-refractivity contribution in [1.82, 2.24) is 9.47 Å². The monoisotopic (exact) mass is 688 g/mol. The van der Waals surface area contributed by atoms with Gasteiger partial charge in [-0.3, -0.25) is 14.5 Å². The lowest BCUT2D eigenvalue weighted by atomic mass is 10.0. The van der Waals surface area contributed by atoms with E-state index in [1.807, 2.05) is 65.4 Å². The molecule has 9 heteroatoms. The lowest BCUT2D eigenvalue weighted by Gasteiger charge is -2.36. The molecule has 0 unspecified atom stereocenters. The predicted octanol–water partition coefficient (Wildman–Crippen LogP) is 7.51. The molecular formula is C42H48N4O5. The van der Waals surface area contributed by atoms with E-state index in [1.165, 1.54) is 11.1 Å². The fourth-order valence-electron chi connectivity index (χ4n) is 6.76. The molecule has 0 spiro atoms. The first-order valence-electron chi connectivity index (χ1n) is 18.0. The van der Waals surface area contributed by atoms with E-state index in [0.717, 1.165) is 73.6 Å². The first kappa shape index (κ1) is 35.5. The number of carbonyl (C=O) groups excluding carboxylic acids is 1. The molecule has 2 heterocycles. The number of carbonyl (C=O) groups is 2. The van der Waals surface area contributed by atoms with Crippen molar-refractivity contribution in [3.8, 4) is 11.5 Å². The van der Waals surface area contributed by atoms with Gasteiger partial charge < -0.3 is 29.4 Å². The Morgan fingerprint density at radius 1 is 0.824 bits per heavy atom. The molecule has 0 radical (unpaired) electrons. The number of anilines is 2. The number of aromatic nitrogens is 1. The minimum Gasteiger partial charge on any atom is -0.495 e. The van der Waals surface area contributed by atoms with E-state index in [9.17, 15) is 9.59 Å². The highest BCUT2D eigenvalue weighted by Crippen LogP contribution is 2.31. The highest BCUT2D eigenvalue weighted by atomic mass is 16.5. The molecule has 1 aromatic heterocycles. The number of aliphatic carboxylic acids is 1. The molecule has 1 fully saturated rings. The topological polar surface area (TPSA) is 96.3 Å². The number of fused-ring (bicyclic) bond motifs is 1. The standard InChI is InChI=1S/C42H48N4O5/c1-3-31-15-17-32(18-16-31)29-43-36-20-19-33(42(49)35-30-46(22-8-14-41(47)48)37-11-5-4-10-34(35)37)28-40(36)51-27-9-21-44-23-25-45(26-24-44)38-12-6-7-13-39(38)50-2/h4-7,10-13,15-20,28,30,43H,3,8-9,14,21-27,29H2,1-2H3,(H,47,48). The fraction of sp³-hybridized carbons (Fsp3) is 0.333. The normalized spacial score (nSPS) is 13.3. The minimum absolute atomic E-state index is 0.0762. The molecule has 0 amide bonds. The third kappa shape index (κ3) is 8.91. The molecule has 1 saturated heterocycles. The van der Waals surface area contributed by atoms with Gasteiger partial charge in [0.15, 0.2) is 5.78 Å². The van der Waals surface area contributed by atoms with Gasteiger partial charge >= 0.3 is 5.97 Å². The number of rotatable bonds is 17. The van der Waals surface area contributed by atoms with Crippen LogP contribution in [0.3, 0.4) is 0 Å². The van der Waals surface area contributed by atoms with Crippen LogP contribution in [0.2, 0.25) is 0 Å². The molecule has 9 nitrogen and oxygen atoms in total. The molecule has 1 aliphatic rings. The van der Waals surface area contributed by atoms with Gasteiger partial charge in [-0.05, 0) is 66.8 Å². The maximum atomic E-state index is 14.1. The molecule has 51 heavy (non-hydrogen) atoms. The van der Waals surface area contributed by atoms with Crippen molar-refractivity contribution in [2.24, 2.45) is 0 Å². The van der Waals surface area contributed by atoms with E-state index < -0.39 is 5.97 Å². The Bertz CT molecular complexity index is 1930. The Morgan fingerprint density at radius 3 is 2.33 bits per heavy atom. The van der Waals surface area contributed by atoms with Crippen molar-refractivity contribution in [3.63, 3.8) is 0 Å². The van der Waals surface area contributed by atoms with Gasteiger partial charge in [-0.25, -0.2) is 0 Å². The van der Waals surface area contributed by atoms with Gasteiger partial charge in [0.05, 0.1) is 25.1 Å². The summed E-state index contributed by atoms with van der Waals surface area (Å²) in [6.45, 7) is 8.56. The van der Waals surface area contributed by atoms with Gasteiger partial charge in [-0.15, -0.1) is 0 Å². The van der Waals surface area contributed by atoms with Crippen LogP contribution in [-0.2, 0) is 24.3 Å². The van der Waals surface area contributed by atoms with Crippen LogP contribution in [0.4, 0.5) is 11.4 Å². The third-order valence-electron chi connectivity index (χ3n) is 9.66. The summed E-state index contributed by atoms with van der Waals surface area (Å²) in [6.07, 6.45) is 4.27. The first-order valence-corrected chi connectivity index (χ1v) is 18.0. The van der Waals surface area contributed by atoms with E-state index in [-0.39, 0.29) is 12.2 Å². The van der Waals surface area contributed by atoms with E-state index in [1.54, 1.807) is 7.11 Å². The summed E-state index contributed by atoms with van der Waals surface area (Å²) in [5.74, 6) is 0.637. The number of carboxylic acids is 1. The summed E-state index contributed by atoms with van der Waals surface area (Å²) < 4.78 is 14.0. The van der Waals surface area contributed by atoms with Crippen LogP contribution in [0, 0.1) is 0 Å². The smallest absolute Gasteiger partial charge is 0.303 e. The summed E-state index contributed by atoms with van der Waals surface area (Å²) >= 11 is 0. The Labute approximate surface area is 300 Å². The number of ether oxygens (including phenoxy) is 2. The maximum Gasteiger partial charge on any atom is 0.303 e. The molecule has 0 atom stereocenters. The Hall–Kier alpha value is -5.28. The van der Waals surface area contributed by atoms with Gasteiger partial charge in [0.25, 0.3) is 0 Å². The van der Waals surface area contributed by atoms with Crippen LogP contribution in [0.1, 0.15) is 53.2 Å². The van der Waals surface area contributed by atoms with Gasteiger partial charge in [-0.2, -0.15) is 0 Å². The Morgan fingerprint density at radius 2 is 1.57 bits per heavy atom. The Balaban J connectivity index is 1.14. The van der Waals surface area contributed by atoms with Crippen LogP contribution in [-0.4, -0.2) is 72.8 Å². The van der Waals surface area contributed by atoms with Gasteiger partial charge in [-0.1, -0.05) is 61.5 Å². The van der Waals surface area contributed by atoms with Crippen molar-refractivity contribution in [2.45, 2.75) is 45.7 Å². The number of nitrogens with one attached hydrogen (secondary N) is 1. The lowest BCUT2D eigenvalue weighted by Crippen LogP contribution is -2.46. The number of para-hydroxylation sites is 3. The number of methoxy groups -OCH3 is 1. The van der Waals surface area contributed by atoms with E-state index >= 15 is 0 Å². The van der Waals surface area contributed by atoms with Crippen molar-refractivity contribution in [2.75, 3.05) is 56.7 Å². The SMILES string of the molecule is CCc1ccc(CNc2ccc(C(=O)c3cn(CCCC(=O)O)c4ccccc34)cc2OCCCN2CCN(c3ccccc3OC)CC2)cc1. The zero-order valence-corrected chi connectivity index (χ0v) is 29.6. The fourth-order valence-corrected chi connectivity index (χ4v) is 6.76. The molecule has 266 valence electrons. The number of nitrogens with zero attached hydrogens (tertiary/aromatic N) is 3. The average molecular weight is 689 g/mol. The Kier molecular flexibility index (Phi) is 11.9.